The van der Waals surface area contributed by atoms with Crippen molar-refractivity contribution in [2.24, 2.45) is 5.92 Å². The van der Waals surface area contributed by atoms with Crippen molar-refractivity contribution >= 4 is 5.91 Å². The van der Waals surface area contributed by atoms with Gasteiger partial charge in [-0.2, -0.15) is 0 Å². The Morgan fingerprint density at radius 2 is 1.71 bits per heavy atom. The van der Waals surface area contributed by atoms with E-state index in [9.17, 15) is 4.79 Å². The molecule has 0 radical (unpaired) electrons. The Morgan fingerprint density at radius 1 is 0.968 bits per heavy atom. The minimum Gasteiger partial charge on any atom is -0.497 e. The van der Waals surface area contributed by atoms with Crippen molar-refractivity contribution in [2.75, 3.05) is 14.2 Å². The number of carbonyl (C=O) groups is 1. The van der Waals surface area contributed by atoms with Crippen molar-refractivity contribution in [1.82, 2.24) is 9.47 Å². The van der Waals surface area contributed by atoms with Gasteiger partial charge in [0.1, 0.15) is 11.5 Å². The highest BCUT2D eigenvalue weighted by atomic mass is 16.5. The van der Waals surface area contributed by atoms with Gasteiger partial charge in [0.05, 0.1) is 26.3 Å². The third kappa shape index (κ3) is 5.29. The number of methoxy groups -OCH3 is 2. The van der Waals surface area contributed by atoms with Crippen LogP contribution >= 0.6 is 0 Å². The standard InChI is InChI=1S/C26H32N2O3/c1-19(2)20(3)28(26(29)24-14-13-23(30-4)16-25(24)31-5)18-22-12-9-15-27(22)17-21-10-7-6-8-11-21/h6-16,19-20H,17-18H2,1-5H3. The monoisotopic (exact) mass is 420 g/mol. The molecule has 3 aromatic rings. The van der Waals surface area contributed by atoms with Gasteiger partial charge < -0.3 is 18.9 Å². The van der Waals surface area contributed by atoms with Gasteiger partial charge in [-0.25, -0.2) is 0 Å². The van der Waals surface area contributed by atoms with E-state index in [0.29, 0.717) is 29.5 Å². The average molecular weight is 421 g/mol. The molecule has 0 aliphatic heterocycles. The number of ether oxygens (including phenoxy) is 2. The van der Waals surface area contributed by atoms with Gasteiger partial charge >= 0.3 is 0 Å². The van der Waals surface area contributed by atoms with Crippen LogP contribution in [0.3, 0.4) is 0 Å². The number of nitrogens with zero attached hydrogens (tertiary/aromatic N) is 2. The summed E-state index contributed by atoms with van der Waals surface area (Å²) in [5.41, 5.74) is 2.86. The second-order valence-corrected chi connectivity index (χ2v) is 8.10. The molecule has 0 aliphatic carbocycles. The topological polar surface area (TPSA) is 43.7 Å². The first-order valence-electron chi connectivity index (χ1n) is 10.7. The number of rotatable bonds is 9. The second kappa shape index (κ2) is 10.2. The highest BCUT2D eigenvalue weighted by molar-refractivity contribution is 5.97. The molecule has 1 heterocycles. The minimum atomic E-state index is -0.0480. The first-order valence-corrected chi connectivity index (χ1v) is 10.7. The zero-order valence-corrected chi connectivity index (χ0v) is 19.0. The summed E-state index contributed by atoms with van der Waals surface area (Å²) in [7, 11) is 3.18. The van der Waals surface area contributed by atoms with Gasteiger partial charge in [-0.3, -0.25) is 4.79 Å². The predicted molar refractivity (Wildman–Crippen MR) is 124 cm³/mol. The molecule has 0 spiro atoms. The molecule has 0 bridgehead atoms. The molecule has 1 aromatic heterocycles. The first-order chi connectivity index (χ1) is 14.9. The fourth-order valence-corrected chi connectivity index (χ4v) is 3.59. The zero-order valence-electron chi connectivity index (χ0n) is 19.0. The van der Waals surface area contributed by atoms with Gasteiger partial charge in [-0.1, -0.05) is 44.2 Å². The second-order valence-electron chi connectivity index (χ2n) is 8.10. The molecule has 1 unspecified atom stereocenters. The normalized spacial score (nSPS) is 11.9. The number of hydrogen-bond donors (Lipinski definition) is 0. The molecule has 0 saturated heterocycles. The summed E-state index contributed by atoms with van der Waals surface area (Å²) < 4.78 is 13.0. The molecule has 1 atom stereocenters. The van der Waals surface area contributed by atoms with Crippen molar-refractivity contribution in [3.63, 3.8) is 0 Å². The molecule has 2 aromatic carbocycles. The quantitative estimate of drug-likeness (QED) is 0.475. The number of carbonyl (C=O) groups excluding carboxylic acids is 1. The Kier molecular flexibility index (Phi) is 7.40. The number of benzene rings is 2. The van der Waals surface area contributed by atoms with E-state index in [4.69, 9.17) is 9.47 Å². The number of aromatic nitrogens is 1. The molecule has 164 valence electrons. The van der Waals surface area contributed by atoms with Gasteiger partial charge in [-0.15, -0.1) is 0 Å². The van der Waals surface area contributed by atoms with E-state index in [1.165, 1.54) is 5.56 Å². The van der Waals surface area contributed by atoms with Crippen LogP contribution in [0.1, 0.15) is 42.4 Å². The van der Waals surface area contributed by atoms with Gasteiger partial charge in [0.2, 0.25) is 0 Å². The van der Waals surface area contributed by atoms with Gasteiger partial charge in [0.25, 0.3) is 5.91 Å². The maximum Gasteiger partial charge on any atom is 0.258 e. The predicted octanol–water partition coefficient (Wildman–Crippen LogP) is 5.24. The third-order valence-electron chi connectivity index (χ3n) is 5.81. The van der Waals surface area contributed by atoms with Gasteiger partial charge in [0.15, 0.2) is 0 Å². The van der Waals surface area contributed by atoms with Crippen LogP contribution < -0.4 is 9.47 Å². The average Bonchev–Trinajstić information content (AvgIpc) is 3.23. The van der Waals surface area contributed by atoms with Crippen molar-refractivity contribution in [2.45, 2.75) is 39.9 Å². The van der Waals surface area contributed by atoms with Crippen LogP contribution in [-0.2, 0) is 13.1 Å². The summed E-state index contributed by atoms with van der Waals surface area (Å²) in [6, 6.07) is 19.9. The summed E-state index contributed by atoms with van der Waals surface area (Å²) in [6.45, 7) is 7.67. The van der Waals surface area contributed by atoms with Crippen LogP contribution in [0.4, 0.5) is 0 Å². The lowest BCUT2D eigenvalue weighted by atomic mass is 10.0. The number of hydrogen-bond acceptors (Lipinski definition) is 3. The molecule has 0 aliphatic rings. The van der Waals surface area contributed by atoms with E-state index in [0.717, 1.165) is 12.2 Å². The Morgan fingerprint density at radius 3 is 2.35 bits per heavy atom. The van der Waals surface area contributed by atoms with E-state index in [2.05, 4.69) is 49.7 Å². The van der Waals surface area contributed by atoms with E-state index >= 15 is 0 Å². The van der Waals surface area contributed by atoms with Crippen molar-refractivity contribution in [1.29, 1.82) is 0 Å². The van der Waals surface area contributed by atoms with Gasteiger partial charge in [-0.05, 0) is 42.7 Å². The lowest BCUT2D eigenvalue weighted by molar-refractivity contribution is 0.0619. The van der Waals surface area contributed by atoms with Crippen molar-refractivity contribution in [3.05, 3.63) is 83.7 Å². The zero-order chi connectivity index (χ0) is 22.4. The molecular weight excluding hydrogens is 388 g/mol. The lowest BCUT2D eigenvalue weighted by Crippen LogP contribution is -2.41. The lowest BCUT2D eigenvalue weighted by Gasteiger charge is -2.33. The Hall–Kier alpha value is -3.21. The highest BCUT2D eigenvalue weighted by Crippen LogP contribution is 2.28. The molecule has 5 nitrogen and oxygen atoms in total. The van der Waals surface area contributed by atoms with E-state index in [1.807, 2.05) is 29.2 Å². The van der Waals surface area contributed by atoms with E-state index in [1.54, 1.807) is 32.4 Å². The largest absolute Gasteiger partial charge is 0.497 e. The minimum absolute atomic E-state index is 0.0480. The Balaban J connectivity index is 1.91. The molecule has 0 fully saturated rings. The van der Waals surface area contributed by atoms with Crippen LogP contribution in [-0.4, -0.2) is 35.6 Å². The SMILES string of the molecule is COc1ccc(C(=O)N(Cc2cccn2Cc2ccccc2)C(C)C(C)C)c(OC)c1. The number of amides is 1. The van der Waals surface area contributed by atoms with Crippen molar-refractivity contribution in [3.8, 4) is 11.5 Å². The first kappa shape index (κ1) is 22.5. The summed E-state index contributed by atoms with van der Waals surface area (Å²) >= 11 is 0. The molecule has 1 amide bonds. The molecular formula is C26H32N2O3. The van der Waals surface area contributed by atoms with Crippen LogP contribution in [0.15, 0.2) is 66.9 Å². The fraction of sp³-hybridized carbons (Fsp3) is 0.346. The Bertz CT molecular complexity index is 995. The summed E-state index contributed by atoms with van der Waals surface area (Å²) in [5.74, 6) is 1.44. The van der Waals surface area contributed by atoms with Crippen LogP contribution in [0.2, 0.25) is 0 Å². The maximum absolute atomic E-state index is 13.7. The molecule has 0 N–H and O–H groups in total. The highest BCUT2D eigenvalue weighted by Gasteiger charge is 2.27. The maximum atomic E-state index is 13.7. The molecule has 0 saturated carbocycles. The van der Waals surface area contributed by atoms with Crippen LogP contribution in [0.25, 0.3) is 0 Å². The summed E-state index contributed by atoms with van der Waals surface area (Å²) in [5, 5.41) is 0. The third-order valence-corrected chi connectivity index (χ3v) is 5.81. The van der Waals surface area contributed by atoms with E-state index in [-0.39, 0.29) is 11.9 Å². The van der Waals surface area contributed by atoms with Crippen LogP contribution in [0, 0.1) is 5.92 Å². The summed E-state index contributed by atoms with van der Waals surface area (Å²) in [6.07, 6.45) is 2.07. The summed E-state index contributed by atoms with van der Waals surface area (Å²) in [4.78, 5) is 15.6. The smallest absolute Gasteiger partial charge is 0.258 e. The fourth-order valence-electron chi connectivity index (χ4n) is 3.59. The molecule has 5 heteroatoms. The van der Waals surface area contributed by atoms with Crippen LogP contribution in [0.5, 0.6) is 11.5 Å². The Labute approximate surface area is 185 Å². The molecule has 31 heavy (non-hydrogen) atoms. The van der Waals surface area contributed by atoms with E-state index < -0.39 is 0 Å². The molecule has 3 rings (SSSR count). The van der Waals surface area contributed by atoms with Crippen molar-refractivity contribution < 1.29 is 14.3 Å². The van der Waals surface area contributed by atoms with Gasteiger partial charge in [0, 0.05) is 30.5 Å².